The van der Waals surface area contributed by atoms with Crippen molar-refractivity contribution in [2.24, 2.45) is 0 Å². The molecule has 1 rings (SSSR count). The van der Waals surface area contributed by atoms with E-state index in [0.717, 1.165) is 0 Å². The molecule has 0 aliphatic rings. The summed E-state index contributed by atoms with van der Waals surface area (Å²) < 4.78 is 45.3. The van der Waals surface area contributed by atoms with E-state index in [2.05, 4.69) is 4.74 Å². The van der Waals surface area contributed by atoms with Crippen LogP contribution in [-0.2, 0) is 4.74 Å². The van der Waals surface area contributed by atoms with Gasteiger partial charge in [-0.2, -0.15) is 13.2 Å². The number of alkyl halides is 3. The normalized spacial score (nSPS) is 13.3. The highest BCUT2D eigenvalue weighted by Crippen LogP contribution is 2.28. The zero-order valence-electron chi connectivity index (χ0n) is 10.9. The first-order valence-corrected chi connectivity index (χ1v) is 6.42. The van der Waals surface area contributed by atoms with E-state index in [4.69, 9.17) is 16.3 Å². The molecule has 0 aromatic heterocycles. The SMILES string of the molecule is C[C@H](O)c1cc(Cl)ccc1OCCCOCC(F)(F)F. The molecule has 7 heteroatoms. The van der Waals surface area contributed by atoms with Gasteiger partial charge in [0.15, 0.2) is 0 Å². The number of aliphatic hydroxyl groups excluding tert-OH is 1. The highest BCUT2D eigenvalue weighted by molar-refractivity contribution is 6.30. The Morgan fingerprint density at radius 2 is 2.00 bits per heavy atom. The monoisotopic (exact) mass is 312 g/mol. The van der Waals surface area contributed by atoms with Gasteiger partial charge in [-0.1, -0.05) is 11.6 Å². The molecule has 0 amide bonds. The average Bonchev–Trinajstić information content (AvgIpc) is 2.33. The van der Waals surface area contributed by atoms with Crippen LogP contribution in [0.1, 0.15) is 25.0 Å². The highest BCUT2D eigenvalue weighted by atomic mass is 35.5. The Labute approximate surface area is 120 Å². The molecule has 1 N–H and O–H groups in total. The van der Waals surface area contributed by atoms with Gasteiger partial charge >= 0.3 is 6.18 Å². The van der Waals surface area contributed by atoms with Gasteiger partial charge in [0.1, 0.15) is 12.4 Å². The lowest BCUT2D eigenvalue weighted by Gasteiger charge is -2.14. The number of ether oxygens (including phenoxy) is 2. The fraction of sp³-hybridized carbons (Fsp3) is 0.538. The molecule has 1 aromatic rings. The fourth-order valence-electron chi connectivity index (χ4n) is 1.51. The smallest absolute Gasteiger partial charge is 0.411 e. The van der Waals surface area contributed by atoms with Crippen molar-refractivity contribution in [2.45, 2.75) is 25.6 Å². The highest BCUT2D eigenvalue weighted by Gasteiger charge is 2.27. The van der Waals surface area contributed by atoms with Crippen LogP contribution in [0.15, 0.2) is 18.2 Å². The van der Waals surface area contributed by atoms with Crippen LogP contribution in [0.25, 0.3) is 0 Å². The van der Waals surface area contributed by atoms with E-state index in [0.29, 0.717) is 22.8 Å². The molecule has 0 heterocycles. The van der Waals surface area contributed by atoms with Crippen molar-refractivity contribution in [1.82, 2.24) is 0 Å². The average molecular weight is 313 g/mol. The second kappa shape index (κ2) is 7.71. The number of rotatable bonds is 7. The van der Waals surface area contributed by atoms with Crippen molar-refractivity contribution >= 4 is 11.6 Å². The van der Waals surface area contributed by atoms with E-state index in [9.17, 15) is 18.3 Å². The van der Waals surface area contributed by atoms with E-state index in [1.165, 1.54) is 0 Å². The van der Waals surface area contributed by atoms with Crippen molar-refractivity contribution in [3.8, 4) is 5.75 Å². The van der Waals surface area contributed by atoms with Crippen molar-refractivity contribution in [1.29, 1.82) is 0 Å². The second-order valence-corrected chi connectivity index (χ2v) is 4.66. The van der Waals surface area contributed by atoms with Crippen molar-refractivity contribution in [2.75, 3.05) is 19.8 Å². The molecule has 0 radical (unpaired) electrons. The number of benzene rings is 1. The fourth-order valence-corrected chi connectivity index (χ4v) is 1.69. The number of hydrogen-bond donors (Lipinski definition) is 1. The van der Waals surface area contributed by atoms with Crippen LogP contribution in [0, 0.1) is 0 Å². The zero-order valence-corrected chi connectivity index (χ0v) is 11.7. The van der Waals surface area contributed by atoms with E-state index < -0.39 is 18.9 Å². The van der Waals surface area contributed by atoms with Crippen LogP contribution in [-0.4, -0.2) is 31.1 Å². The third-order valence-electron chi connectivity index (χ3n) is 2.38. The second-order valence-electron chi connectivity index (χ2n) is 4.23. The van der Waals surface area contributed by atoms with E-state index in [-0.39, 0.29) is 13.2 Å². The molecule has 0 unspecified atom stereocenters. The van der Waals surface area contributed by atoms with Gasteiger partial charge in [0.25, 0.3) is 0 Å². The summed E-state index contributed by atoms with van der Waals surface area (Å²) >= 11 is 5.81. The molecular weight excluding hydrogens is 297 g/mol. The third kappa shape index (κ3) is 6.45. The summed E-state index contributed by atoms with van der Waals surface area (Å²) in [5, 5.41) is 10.0. The molecule has 3 nitrogen and oxygen atoms in total. The molecule has 0 aliphatic heterocycles. The lowest BCUT2D eigenvalue weighted by atomic mass is 10.1. The first-order valence-electron chi connectivity index (χ1n) is 6.04. The van der Waals surface area contributed by atoms with Crippen LogP contribution < -0.4 is 4.74 Å². The van der Waals surface area contributed by atoms with E-state index in [1.807, 2.05) is 0 Å². The van der Waals surface area contributed by atoms with Gasteiger partial charge in [-0.05, 0) is 25.1 Å². The number of halogens is 4. The quantitative estimate of drug-likeness (QED) is 0.780. The standard InChI is InChI=1S/C13H16ClF3O3/c1-9(18)11-7-10(14)3-4-12(11)20-6-2-5-19-8-13(15,16)17/h3-4,7,9,18H,2,5-6,8H2,1H3/t9-/m0/s1. The molecule has 20 heavy (non-hydrogen) atoms. The minimum atomic E-state index is -4.31. The summed E-state index contributed by atoms with van der Waals surface area (Å²) in [6.45, 7) is 0.466. The van der Waals surface area contributed by atoms with Crippen LogP contribution >= 0.6 is 11.6 Å². The minimum Gasteiger partial charge on any atom is -0.493 e. The Hall–Kier alpha value is -0.980. The zero-order chi connectivity index (χ0) is 15.2. The lowest BCUT2D eigenvalue weighted by Crippen LogP contribution is -2.18. The predicted octanol–water partition coefficient (Wildman–Crippen LogP) is 3.74. The summed E-state index contributed by atoms with van der Waals surface area (Å²) in [7, 11) is 0. The van der Waals surface area contributed by atoms with Crippen LogP contribution in [0.3, 0.4) is 0 Å². The predicted molar refractivity (Wildman–Crippen MR) is 69.1 cm³/mol. The van der Waals surface area contributed by atoms with Crippen LogP contribution in [0.5, 0.6) is 5.75 Å². The molecule has 114 valence electrons. The summed E-state index contributed by atoms with van der Waals surface area (Å²) in [5.74, 6) is 0.459. The first-order chi connectivity index (χ1) is 9.29. The summed E-state index contributed by atoms with van der Waals surface area (Å²) in [5.41, 5.74) is 0.536. The lowest BCUT2D eigenvalue weighted by molar-refractivity contribution is -0.174. The Balaban J connectivity index is 2.35. The van der Waals surface area contributed by atoms with Crippen LogP contribution in [0.2, 0.25) is 5.02 Å². The summed E-state index contributed by atoms with van der Waals surface area (Å²) in [6.07, 6.45) is -4.74. The number of hydrogen-bond acceptors (Lipinski definition) is 3. The Bertz CT molecular complexity index is 422. The topological polar surface area (TPSA) is 38.7 Å². The molecule has 0 saturated heterocycles. The maximum atomic E-state index is 11.8. The first kappa shape index (κ1) is 17.1. The molecule has 0 bridgehead atoms. The molecule has 0 aliphatic carbocycles. The molecule has 0 spiro atoms. The molecule has 0 fully saturated rings. The van der Waals surface area contributed by atoms with Crippen molar-refractivity contribution < 1.29 is 27.8 Å². The van der Waals surface area contributed by atoms with Gasteiger partial charge in [-0.3, -0.25) is 0 Å². The van der Waals surface area contributed by atoms with Gasteiger partial charge in [0, 0.05) is 17.0 Å². The summed E-state index contributed by atoms with van der Waals surface area (Å²) in [6, 6.07) is 4.81. The molecule has 1 aromatic carbocycles. The minimum absolute atomic E-state index is 0.0445. The molecule has 1 atom stereocenters. The van der Waals surface area contributed by atoms with Gasteiger partial charge in [-0.25, -0.2) is 0 Å². The van der Waals surface area contributed by atoms with Crippen molar-refractivity contribution in [3.05, 3.63) is 28.8 Å². The number of aliphatic hydroxyl groups is 1. The van der Waals surface area contributed by atoms with Crippen LogP contribution in [0.4, 0.5) is 13.2 Å². The van der Waals surface area contributed by atoms with E-state index >= 15 is 0 Å². The van der Waals surface area contributed by atoms with E-state index in [1.54, 1.807) is 25.1 Å². The Kier molecular flexibility index (Phi) is 6.58. The summed E-state index contributed by atoms with van der Waals surface area (Å²) in [4.78, 5) is 0. The third-order valence-corrected chi connectivity index (χ3v) is 2.61. The largest absolute Gasteiger partial charge is 0.493 e. The van der Waals surface area contributed by atoms with Gasteiger partial charge in [0.2, 0.25) is 0 Å². The Morgan fingerprint density at radius 1 is 1.30 bits per heavy atom. The maximum Gasteiger partial charge on any atom is 0.411 e. The molecule has 0 saturated carbocycles. The van der Waals surface area contributed by atoms with Gasteiger partial charge in [0.05, 0.1) is 19.3 Å². The van der Waals surface area contributed by atoms with Crippen molar-refractivity contribution in [3.63, 3.8) is 0 Å². The molecular formula is C13H16ClF3O3. The van der Waals surface area contributed by atoms with Gasteiger partial charge in [-0.15, -0.1) is 0 Å². The van der Waals surface area contributed by atoms with Gasteiger partial charge < -0.3 is 14.6 Å². The Morgan fingerprint density at radius 3 is 2.60 bits per heavy atom. The maximum absolute atomic E-state index is 11.8.